The lowest BCUT2D eigenvalue weighted by molar-refractivity contribution is -0.268. The second-order valence-electron chi connectivity index (χ2n) is 7.11. The predicted octanol–water partition coefficient (Wildman–Crippen LogP) is 1.67. The number of benzene rings is 2. The lowest BCUT2D eigenvalue weighted by atomic mass is 10.00. The maximum Gasteiger partial charge on any atom is 0.235 e. The first kappa shape index (κ1) is 20.4. The topological polar surface area (TPSA) is 119 Å². The summed E-state index contributed by atoms with van der Waals surface area (Å²) < 4.78 is 22.4. The van der Waals surface area contributed by atoms with Crippen LogP contribution in [0.3, 0.4) is 0 Å². The zero-order valence-corrected chi connectivity index (χ0v) is 16.4. The second kappa shape index (κ2) is 8.08. The normalized spacial score (nSPS) is 26.5. The van der Waals surface area contributed by atoms with Gasteiger partial charge in [0, 0.05) is 5.56 Å². The molecular formula is C22H22O8. The smallest absolute Gasteiger partial charge is 0.235 e. The summed E-state index contributed by atoms with van der Waals surface area (Å²) in [4.78, 5) is 13.2. The number of rotatable bonds is 4. The molecule has 0 saturated carbocycles. The molecule has 1 aliphatic heterocycles. The van der Waals surface area contributed by atoms with E-state index in [0.717, 1.165) is 0 Å². The Morgan fingerprint density at radius 2 is 1.63 bits per heavy atom. The van der Waals surface area contributed by atoms with Gasteiger partial charge >= 0.3 is 0 Å². The number of ether oxygens (including phenoxy) is 3. The standard InChI is InChI=1S/C22H22O8/c1-11-16(23)18(25)19(26)22(28-11)30-21-17(24)14-5-3-4-6-15(14)29-20(21)12-7-9-13(27-2)10-8-12/h3-11,16,18-19,22-23,25-26H,1-2H3/t11-,16-,18+,19+,22+/m0/s1. The monoisotopic (exact) mass is 414 g/mol. The zero-order valence-electron chi connectivity index (χ0n) is 16.4. The summed E-state index contributed by atoms with van der Waals surface area (Å²) >= 11 is 0. The van der Waals surface area contributed by atoms with Gasteiger partial charge in [0.05, 0.1) is 18.6 Å². The first-order chi connectivity index (χ1) is 14.4. The Kier molecular flexibility index (Phi) is 5.48. The van der Waals surface area contributed by atoms with Crippen molar-refractivity contribution in [2.75, 3.05) is 7.11 Å². The summed E-state index contributed by atoms with van der Waals surface area (Å²) in [6.45, 7) is 1.53. The van der Waals surface area contributed by atoms with Crippen LogP contribution in [0.4, 0.5) is 0 Å². The molecule has 3 N–H and O–H groups in total. The molecule has 1 aliphatic rings. The molecule has 0 aliphatic carbocycles. The van der Waals surface area contributed by atoms with Crippen molar-refractivity contribution in [3.05, 3.63) is 58.8 Å². The van der Waals surface area contributed by atoms with Crippen molar-refractivity contribution in [1.29, 1.82) is 0 Å². The average Bonchev–Trinajstić information content (AvgIpc) is 2.77. The number of aliphatic hydroxyl groups is 3. The molecule has 1 saturated heterocycles. The van der Waals surface area contributed by atoms with Crippen LogP contribution >= 0.6 is 0 Å². The van der Waals surface area contributed by atoms with E-state index in [-0.39, 0.29) is 11.5 Å². The van der Waals surface area contributed by atoms with Crippen molar-refractivity contribution in [1.82, 2.24) is 0 Å². The van der Waals surface area contributed by atoms with Crippen molar-refractivity contribution in [3.8, 4) is 22.8 Å². The molecule has 1 fully saturated rings. The third kappa shape index (κ3) is 3.54. The summed E-state index contributed by atoms with van der Waals surface area (Å²) in [5, 5.41) is 30.6. The third-order valence-corrected chi connectivity index (χ3v) is 5.15. The van der Waals surface area contributed by atoms with Gasteiger partial charge in [0.15, 0.2) is 5.76 Å². The van der Waals surface area contributed by atoms with E-state index in [1.165, 1.54) is 6.92 Å². The zero-order chi connectivity index (χ0) is 21.4. The number of aliphatic hydroxyl groups excluding tert-OH is 3. The summed E-state index contributed by atoms with van der Waals surface area (Å²) in [5.41, 5.74) is 0.467. The van der Waals surface area contributed by atoms with Crippen LogP contribution in [0.25, 0.3) is 22.3 Å². The number of fused-ring (bicyclic) bond motifs is 1. The minimum Gasteiger partial charge on any atom is -0.497 e. The fourth-order valence-electron chi connectivity index (χ4n) is 3.39. The van der Waals surface area contributed by atoms with E-state index >= 15 is 0 Å². The Hall–Kier alpha value is -2.91. The van der Waals surface area contributed by atoms with E-state index in [9.17, 15) is 20.1 Å². The van der Waals surface area contributed by atoms with Gasteiger partial charge in [-0.15, -0.1) is 0 Å². The van der Waals surface area contributed by atoms with Crippen LogP contribution in [0, 0.1) is 0 Å². The molecule has 8 heteroatoms. The van der Waals surface area contributed by atoms with E-state index in [1.54, 1.807) is 55.6 Å². The molecule has 1 aromatic heterocycles. The highest BCUT2D eigenvalue weighted by Gasteiger charge is 2.43. The van der Waals surface area contributed by atoms with Crippen molar-refractivity contribution in [2.24, 2.45) is 0 Å². The first-order valence-corrected chi connectivity index (χ1v) is 9.47. The van der Waals surface area contributed by atoms with E-state index in [0.29, 0.717) is 22.3 Å². The number of hydrogen-bond donors (Lipinski definition) is 3. The minimum atomic E-state index is -1.56. The summed E-state index contributed by atoms with van der Waals surface area (Å²) in [6, 6.07) is 13.6. The average molecular weight is 414 g/mol. The molecule has 3 aromatic rings. The van der Waals surface area contributed by atoms with E-state index in [4.69, 9.17) is 18.6 Å². The van der Waals surface area contributed by atoms with E-state index < -0.39 is 36.1 Å². The maximum absolute atomic E-state index is 13.2. The van der Waals surface area contributed by atoms with Gasteiger partial charge in [-0.2, -0.15) is 0 Å². The van der Waals surface area contributed by atoms with Crippen LogP contribution in [0.5, 0.6) is 11.5 Å². The molecule has 2 aromatic carbocycles. The molecule has 2 heterocycles. The van der Waals surface area contributed by atoms with Gasteiger partial charge in [-0.05, 0) is 43.3 Å². The Bertz CT molecular complexity index is 1090. The molecule has 5 atom stereocenters. The van der Waals surface area contributed by atoms with Crippen LogP contribution in [-0.2, 0) is 4.74 Å². The highest BCUT2D eigenvalue weighted by atomic mass is 16.7. The first-order valence-electron chi connectivity index (χ1n) is 9.47. The quantitative estimate of drug-likeness (QED) is 0.590. The summed E-state index contributed by atoms with van der Waals surface area (Å²) in [5.74, 6) is 0.602. The van der Waals surface area contributed by atoms with Gasteiger partial charge in [-0.1, -0.05) is 12.1 Å². The lowest BCUT2D eigenvalue weighted by Gasteiger charge is -2.38. The Morgan fingerprint density at radius 1 is 0.933 bits per heavy atom. The van der Waals surface area contributed by atoms with Gasteiger partial charge in [0.25, 0.3) is 0 Å². The van der Waals surface area contributed by atoms with Crippen LogP contribution < -0.4 is 14.9 Å². The lowest BCUT2D eigenvalue weighted by Crippen LogP contribution is -2.58. The van der Waals surface area contributed by atoms with E-state index in [1.807, 2.05) is 0 Å². The van der Waals surface area contributed by atoms with Crippen LogP contribution in [0.1, 0.15) is 6.92 Å². The number of methoxy groups -OCH3 is 1. The number of hydrogen-bond acceptors (Lipinski definition) is 8. The molecule has 30 heavy (non-hydrogen) atoms. The molecule has 8 nitrogen and oxygen atoms in total. The molecule has 0 amide bonds. The third-order valence-electron chi connectivity index (χ3n) is 5.15. The highest BCUT2D eigenvalue weighted by Crippen LogP contribution is 2.34. The van der Waals surface area contributed by atoms with Gasteiger partial charge in [0.1, 0.15) is 29.6 Å². The molecule has 0 bridgehead atoms. The van der Waals surface area contributed by atoms with Gasteiger partial charge < -0.3 is 33.9 Å². The van der Waals surface area contributed by atoms with Crippen molar-refractivity contribution in [3.63, 3.8) is 0 Å². The molecule has 0 spiro atoms. The maximum atomic E-state index is 13.2. The predicted molar refractivity (Wildman–Crippen MR) is 107 cm³/mol. The highest BCUT2D eigenvalue weighted by molar-refractivity contribution is 5.82. The number of para-hydroxylation sites is 1. The molecular weight excluding hydrogens is 392 g/mol. The molecule has 158 valence electrons. The van der Waals surface area contributed by atoms with Crippen molar-refractivity contribution < 1.29 is 33.9 Å². The van der Waals surface area contributed by atoms with Crippen LogP contribution in [0.2, 0.25) is 0 Å². The summed E-state index contributed by atoms with van der Waals surface area (Å²) in [7, 11) is 1.54. The van der Waals surface area contributed by atoms with Crippen molar-refractivity contribution in [2.45, 2.75) is 37.6 Å². The SMILES string of the molecule is COc1ccc(-c2oc3ccccc3c(=O)c2O[C@H]2O[C@@H](C)[C@H](O)[C@@H](O)[C@H]2O)cc1. The van der Waals surface area contributed by atoms with Crippen LogP contribution in [0.15, 0.2) is 57.7 Å². The van der Waals surface area contributed by atoms with Gasteiger partial charge in [-0.3, -0.25) is 4.79 Å². The van der Waals surface area contributed by atoms with Crippen LogP contribution in [-0.4, -0.2) is 53.1 Å². The van der Waals surface area contributed by atoms with Crippen molar-refractivity contribution >= 4 is 11.0 Å². The summed E-state index contributed by atoms with van der Waals surface area (Å²) in [6.07, 6.45) is -6.53. The Labute approximate surface area is 171 Å². The van der Waals surface area contributed by atoms with Gasteiger partial charge in [0.2, 0.25) is 17.5 Å². The van der Waals surface area contributed by atoms with E-state index in [2.05, 4.69) is 0 Å². The fourth-order valence-corrected chi connectivity index (χ4v) is 3.39. The second-order valence-corrected chi connectivity index (χ2v) is 7.11. The largest absolute Gasteiger partial charge is 0.497 e. The fraction of sp³-hybridized carbons (Fsp3) is 0.318. The molecule has 4 rings (SSSR count). The molecule has 0 unspecified atom stereocenters. The Morgan fingerprint density at radius 3 is 2.33 bits per heavy atom. The van der Waals surface area contributed by atoms with Gasteiger partial charge in [-0.25, -0.2) is 0 Å². The minimum absolute atomic E-state index is 0.144. The Balaban J connectivity index is 1.83. The molecule has 0 radical (unpaired) electrons.